The molecule has 0 aliphatic rings. The lowest BCUT2D eigenvalue weighted by Gasteiger charge is -1.99. The molecule has 0 atom stereocenters. The summed E-state index contributed by atoms with van der Waals surface area (Å²) in [5.74, 6) is 0.312. The van der Waals surface area contributed by atoms with Crippen LogP contribution in [0.3, 0.4) is 0 Å². The molecule has 0 unspecified atom stereocenters. The molecule has 0 saturated carbocycles. The van der Waals surface area contributed by atoms with Crippen molar-refractivity contribution in [3.63, 3.8) is 0 Å². The van der Waals surface area contributed by atoms with Crippen molar-refractivity contribution in [3.05, 3.63) is 30.1 Å². The largest absolute Gasteiger partial charge is 0.272 e. The van der Waals surface area contributed by atoms with Crippen molar-refractivity contribution in [2.75, 3.05) is 0 Å². The third-order valence-electron chi connectivity index (χ3n) is 1.76. The number of pyridine rings is 1. The highest BCUT2D eigenvalue weighted by atomic mass is 16.2. The van der Waals surface area contributed by atoms with Gasteiger partial charge in [0.15, 0.2) is 0 Å². The van der Waals surface area contributed by atoms with Crippen LogP contribution in [0.25, 0.3) is 0 Å². The molecule has 4 heteroatoms. The van der Waals surface area contributed by atoms with Gasteiger partial charge in [-0.3, -0.25) is 9.78 Å². The molecule has 80 valence electrons. The Morgan fingerprint density at radius 3 is 3.07 bits per heavy atom. The molecule has 1 amide bonds. The summed E-state index contributed by atoms with van der Waals surface area (Å²) in [5, 5.41) is 3.84. The monoisotopic (exact) mass is 205 g/mol. The average Bonchev–Trinajstić information content (AvgIpc) is 2.25. The molecule has 1 heterocycles. The smallest absolute Gasteiger partial charge is 0.267 e. The zero-order valence-corrected chi connectivity index (χ0v) is 8.97. The molecule has 15 heavy (non-hydrogen) atoms. The molecular formula is C11H15N3O. The molecule has 0 saturated heterocycles. The van der Waals surface area contributed by atoms with Crippen LogP contribution in [0, 0.1) is 5.92 Å². The van der Waals surface area contributed by atoms with Crippen molar-refractivity contribution in [1.29, 1.82) is 0 Å². The second-order valence-corrected chi connectivity index (χ2v) is 3.62. The van der Waals surface area contributed by atoms with Crippen LogP contribution >= 0.6 is 0 Å². The minimum absolute atomic E-state index is 0.233. The highest BCUT2D eigenvalue weighted by Crippen LogP contribution is 1.96. The first kappa shape index (κ1) is 11.4. The second-order valence-electron chi connectivity index (χ2n) is 3.62. The lowest BCUT2D eigenvalue weighted by atomic mass is 10.2. The van der Waals surface area contributed by atoms with Gasteiger partial charge >= 0.3 is 0 Å². The molecule has 1 aromatic heterocycles. The second kappa shape index (κ2) is 5.90. The molecule has 0 fully saturated rings. The molecule has 0 aliphatic carbocycles. The van der Waals surface area contributed by atoms with Crippen molar-refractivity contribution in [1.82, 2.24) is 10.4 Å². The van der Waals surface area contributed by atoms with Gasteiger partial charge in [0.25, 0.3) is 5.91 Å². The van der Waals surface area contributed by atoms with Gasteiger partial charge in [-0.05, 0) is 24.5 Å². The van der Waals surface area contributed by atoms with Crippen LogP contribution in [0.2, 0.25) is 0 Å². The predicted molar refractivity (Wildman–Crippen MR) is 59.7 cm³/mol. The summed E-state index contributed by atoms with van der Waals surface area (Å²) < 4.78 is 0. The summed E-state index contributed by atoms with van der Waals surface area (Å²) in [6.07, 6.45) is 5.69. The highest BCUT2D eigenvalue weighted by molar-refractivity contribution is 5.93. The summed E-state index contributed by atoms with van der Waals surface area (Å²) >= 11 is 0. The molecule has 0 aromatic carbocycles. The molecule has 0 spiro atoms. The molecule has 1 rings (SSSR count). The summed E-state index contributed by atoms with van der Waals surface area (Å²) in [6, 6.07) is 3.41. The zero-order chi connectivity index (χ0) is 11.1. The SMILES string of the molecule is CC(C)C/C=N/NC(=O)c1cccnc1. The van der Waals surface area contributed by atoms with E-state index in [1.165, 1.54) is 6.20 Å². The summed E-state index contributed by atoms with van der Waals surface area (Å²) in [6.45, 7) is 4.18. The highest BCUT2D eigenvalue weighted by Gasteiger charge is 2.01. The summed E-state index contributed by atoms with van der Waals surface area (Å²) in [7, 11) is 0. The molecule has 4 nitrogen and oxygen atoms in total. The Balaban J connectivity index is 2.40. The number of rotatable bonds is 4. The number of amides is 1. The quantitative estimate of drug-likeness (QED) is 0.602. The number of nitrogens with one attached hydrogen (secondary N) is 1. The van der Waals surface area contributed by atoms with E-state index in [2.05, 4.69) is 29.4 Å². The summed E-state index contributed by atoms with van der Waals surface area (Å²) in [4.78, 5) is 15.3. The van der Waals surface area contributed by atoms with E-state index in [1.807, 2.05) is 0 Å². The van der Waals surface area contributed by atoms with E-state index in [1.54, 1.807) is 24.5 Å². The van der Waals surface area contributed by atoms with Crippen LogP contribution in [0.4, 0.5) is 0 Å². The van der Waals surface area contributed by atoms with Gasteiger partial charge in [-0.25, -0.2) is 5.43 Å². The van der Waals surface area contributed by atoms with Crippen LogP contribution in [-0.2, 0) is 0 Å². The number of aromatic nitrogens is 1. The van der Waals surface area contributed by atoms with E-state index in [-0.39, 0.29) is 5.91 Å². The maximum Gasteiger partial charge on any atom is 0.272 e. The number of carbonyl (C=O) groups is 1. The lowest BCUT2D eigenvalue weighted by molar-refractivity contribution is 0.0954. The fourth-order valence-corrected chi connectivity index (χ4v) is 0.929. The molecule has 0 aliphatic heterocycles. The fraction of sp³-hybridized carbons (Fsp3) is 0.364. The van der Waals surface area contributed by atoms with E-state index in [9.17, 15) is 4.79 Å². The molecular weight excluding hydrogens is 190 g/mol. The standard InChI is InChI=1S/C11H15N3O/c1-9(2)5-7-13-14-11(15)10-4-3-6-12-8-10/h3-4,6-9H,5H2,1-2H3,(H,14,15)/b13-7+. The number of hydrazone groups is 1. The first-order chi connectivity index (χ1) is 7.20. The fourth-order valence-electron chi connectivity index (χ4n) is 0.929. The maximum atomic E-state index is 11.4. The van der Waals surface area contributed by atoms with Gasteiger partial charge in [0.05, 0.1) is 5.56 Å². The molecule has 1 aromatic rings. The Morgan fingerprint density at radius 1 is 1.67 bits per heavy atom. The van der Waals surface area contributed by atoms with Gasteiger partial charge < -0.3 is 0 Å². The van der Waals surface area contributed by atoms with Gasteiger partial charge in [0.1, 0.15) is 0 Å². The first-order valence-electron chi connectivity index (χ1n) is 4.92. The van der Waals surface area contributed by atoms with E-state index >= 15 is 0 Å². The topological polar surface area (TPSA) is 54.4 Å². The number of hydrogen-bond acceptors (Lipinski definition) is 3. The lowest BCUT2D eigenvalue weighted by Crippen LogP contribution is -2.17. The maximum absolute atomic E-state index is 11.4. The van der Waals surface area contributed by atoms with Gasteiger partial charge in [-0.15, -0.1) is 0 Å². The number of hydrogen-bond donors (Lipinski definition) is 1. The Morgan fingerprint density at radius 2 is 2.47 bits per heavy atom. The van der Waals surface area contributed by atoms with E-state index in [0.717, 1.165) is 6.42 Å². The van der Waals surface area contributed by atoms with Crippen molar-refractivity contribution in [2.45, 2.75) is 20.3 Å². The van der Waals surface area contributed by atoms with Crippen LogP contribution in [0.15, 0.2) is 29.6 Å². The minimum atomic E-state index is -0.233. The van der Waals surface area contributed by atoms with E-state index in [4.69, 9.17) is 0 Å². The molecule has 1 N–H and O–H groups in total. The Kier molecular flexibility index (Phi) is 4.47. The average molecular weight is 205 g/mol. The van der Waals surface area contributed by atoms with Crippen LogP contribution in [-0.4, -0.2) is 17.1 Å². The van der Waals surface area contributed by atoms with Crippen molar-refractivity contribution in [2.24, 2.45) is 11.0 Å². The Labute approximate surface area is 89.4 Å². The number of nitrogens with zero attached hydrogens (tertiary/aromatic N) is 2. The van der Waals surface area contributed by atoms with Gasteiger partial charge in [0, 0.05) is 18.6 Å². The van der Waals surface area contributed by atoms with Gasteiger partial charge in [-0.1, -0.05) is 13.8 Å². The normalized spacial score (nSPS) is 10.9. The molecule has 0 radical (unpaired) electrons. The first-order valence-corrected chi connectivity index (χ1v) is 4.92. The van der Waals surface area contributed by atoms with E-state index < -0.39 is 0 Å². The third-order valence-corrected chi connectivity index (χ3v) is 1.76. The van der Waals surface area contributed by atoms with Gasteiger partial charge in [-0.2, -0.15) is 5.10 Å². The summed E-state index contributed by atoms with van der Waals surface area (Å²) in [5.41, 5.74) is 2.96. The predicted octanol–water partition coefficient (Wildman–Crippen LogP) is 1.84. The Bertz CT molecular complexity index is 333. The zero-order valence-electron chi connectivity index (χ0n) is 8.97. The van der Waals surface area contributed by atoms with Crippen molar-refractivity contribution >= 4 is 12.1 Å². The van der Waals surface area contributed by atoms with Crippen molar-refractivity contribution < 1.29 is 4.79 Å². The number of carbonyl (C=O) groups excluding carboxylic acids is 1. The van der Waals surface area contributed by atoms with E-state index in [0.29, 0.717) is 11.5 Å². The third kappa shape index (κ3) is 4.35. The van der Waals surface area contributed by atoms with Crippen LogP contribution in [0.5, 0.6) is 0 Å². The molecule has 0 bridgehead atoms. The Hall–Kier alpha value is -1.71. The van der Waals surface area contributed by atoms with Crippen molar-refractivity contribution in [3.8, 4) is 0 Å². The minimum Gasteiger partial charge on any atom is -0.267 e. The van der Waals surface area contributed by atoms with Crippen LogP contribution < -0.4 is 5.43 Å². The van der Waals surface area contributed by atoms with Crippen LogP contribution in [0.1, 0.15) is 30.6 Å². The van der Waals surface area contributed by atoms with Gasteiger partial charge in [0.2, 0.25) is 0 Å².